The van der Waals surface area contributed by atoms with Gasteiger partial charge in [-0.05, 0) is 24.5 Å². The number of carbonyl (C=O) groups excluding carboxylic acids is 1. The van der Waals surface area contributed by atoms with Gasteiger partial charge in [0, 0.05) is 39.0 Å². The first-order valence-electron chi connectivity index (χ1n) is 6.77. The molecule has 1 aromatic carbocycles. The van der Waals surface area contributed by atoms with Crippen LogP contribution in [0.15, 0.2) is 24.3 Å². The van der Waals surface area contributed by atoms with E-state index in [0.717, 1.165) is 37.1 Å². The predicted molar refractivity (Wildman–Crippen MR) is 73.4 cm³/mol. The topological polar surface area (TPSA) is 38.8 Å². The van der Waals surface area contributed by atoms with E-state index in [4.69, 9.17) is 9.47 Å². The van der Waals surface area contributed by atoms with Crippen LogP contribution >= 0.6 is 0 Å². The van der Waals surface area contributed by atoms with Gasteiger partial charge in [-0.2, -0.15) is 0 Å². The Morgan fingerprint density at radius 2 is 2.05 bits per heavy atom. The van der Waals surface area contributed by atoms with Crippen LogP contribution < -0.4 is 0 Å². The van der Waals surface area contributed by atoms with Crippen molar-refractivity contribution in [2.75, 3.05) is 40.0 Å². The molecular weight excluding hydrogens is 242 g/mol. The fourth-order valence-corrected chi connectivity index (χ4v) is 2.27. The first-order chi connectivity index (χ1) is 9.33. The molecule has 1 amide bonds. The Morgan fingerprint density at radius 3 is 2.89 bits per heavy atom. The molecule has 0 aromatic heterocycles. The van der Waals surface area contributed by atoms with Crippen molar-refractivity contribution in [3.8, 4) is 0 Å². The first kappa shape index (κ1) is 14.0. The Balaban J connectivity index is 1.76. The van der Waals surface area contributed by atoms with Crippen LogP contribution in [0.2, 0.25) is 0 Å². The van der Waals surface area contributed by atoms with Crippen LogP contribution in [0.1, 0.15) is 22.3 Å². The molecule has 0 N–H and O–H groups in total. The highest BCUT2D eigenvalue weighted by atomic mass is 16.5. The van der Waals surface area contributed by atoms with Gasteiger partial charge in [0.05, 0.1) is 6.61 Å². The summed E-state index contributed by atoms with van der Waals surface area (Å²) in [6.07, 6.45) is 1.83. The van der Waals surface area contributed by atoms with Crippen molar-refractivity contribution in [1.82, 2.24) is 4.90 Å². The Hall–Kier alpha value is -1.39. The largest absolute Gasteiger partial charge is 0.385 e. The summed E-state index contributed by atoms with van der Waals surface area (Å²) in [6, 6.07) is 7.84. The van der Waals surface area contributed by atoms with Gasteiger partial charge in [0.1, 0.15) is 0 Å². The van der Waals surface area contributed by atoms with Gasteiger partial charge >= 0.3 is 0 Å². The van der Waals surface area contributed by atoms with E-state index in [0.29, 0.717) is 19.8 Å². The lowest BCUT2D eigenvalue weighted by atomic mass is 9.99. The molecule has 1 aliphatic rings. The summed E-state index contributed by atoms with van der Waals surface area (Å²) in [5, 5.41) is 0. The van der Waals surface area contributed by atoms with Gasteiger partial charge in [-0.15, -0.1) is 0 Å². The highest BCUT2D eigenvalue weighted by molar-refractivity contribution is 5.96. The highest BCUT2D eigenvalue weighted by Gasteiger charge is 2.23. The van der Waals surface area contributed by atoms with Crippen molar-refractivity contribution < 1.29 is 14.3 Å². The number of benzene rings is 1. The number of amides is 1. The van der Waals surface area contributed by atoms with Gasteiger partial charge in [-0.1, -0.05) is 18.2 Å². The minimum absolute atomic E-state index is 0.127. The van der Waals surface area contributed by atoms with Crippen LogP contribution in [0.5, 0.6) is 0 Å². The lowest BCUT2D eigenvalue weighted by molar-refractivity contribution is 0.0589. The molecule has 0 spiro atoms. The molecule has 0 unspecified atom stereocenters. The summed E-state index contributed by atoms with van der Waals surface area (Å²) < 4.78 is 10.5. The maximum atomic E-state index is 12.2. The van der Waals surface area contributed by atoms with Gasteiger partial charge < -0.3 is 14.4 Å². The van der Waals surface area contributed by atoms with E-state index in [1.54, 1.807) is 7.11 Å². The summed E-state index contributed by atoms with van der Waals surface area (Å²) in [4.78, 5) is 14.1. The number of rotatable bonds is 7. The Kier molecular flexibility index (Phi) is 5.36. The van der Waals surface area contributed by atoms with Crippen LogP contribution in [0.3, 0.4) is 0 Å². The van der Waals surface area contributed by atoms with Crippen LogP contribution in [0.4, 0.5) is 0 Å². The molecule has 0 fully saturated rings. The molecule has 0 saturated heterocycles. The molecule has 1 aromatic rings. The first-order valence-corrected chi connectivity index (χ1v) is 6.77. The summed E-state index contributed by atoms with van der Waals surface area (Å²) >= 11 is 0. The fraction of sp³-hybridized carbons (Fsp3) is 0.533. The van der Waals surface area contributed by atoms with Crippen molar-refractivity contribution >= 4 is 5.91 Å². The van der Waals surface area contributed by atoms with Crippen molar-refractivity contribution in [1.29, 1.82) is 0 Å². The zero-order valence-electron chi connectivity index (χ0n) is 11.4. The smallest absolute Gasteiger partial charge is 0.254 e. The number of hydrogen-bond donors (Lipinski definition) is 0. The second-order valence-corrected chi connectivity index (χ2v) is 4.66. The number of fused-ring (bicyclic) bond motifs is 1. The van der Waals surface area contributed by atoms with Gasteiger partial charge in [0.15, 0.2) is 0 Å². The zero-order valence-corrected chi connectivity index (χ0v) is 11.4. The van der Waals surface area contributed by atoms with Gasteiger partial charge in [-0.3, -0.25) is 4.79 Å². The molecule has 4 heteroatoms. The zero-order chi connectivity index (χ0) is 13.5. The highest BCUT2D eigenvalue weighted by Crippen LogP contribution is 2.18. The SMILES string of the molecule is COCCCOCCN1CCc2ccccc2C1=O. The number of carbonyl (C=O) groups is 1. The molecule has 0 aliphatic carbocycles. The van der Waals surface area contributed by atoms with Crippen LogP contribution in [0, 0.1) is 0 Å². The van der Waals surface area contributed by atoms with Gasteiger partial charge in [0.25, 0.3) is 5.91 Å². The van der Waals surface area contributed by atoms with Crippen molar-refractivity contribution in [2.24, 2.45) is 0 Å². The molecule has 0 bridgehead atoms. The molecule has 0 saturated carbocycles. The molecule has 4 nitrogen and oxygen atoms in total. The third-order valence-corrected chi connectivity index (χ3v) is 3.33. The monoisotopic (exact) mass is 263 g/mol. The van der Waals surface area contributed by atoms with E-state index in [-0.39, 0.29) is 5.91 Å². The molecule has 19 heavy (non-hydrogen) atoms. The van der Waals surface area contributed by atoms with Crippen molar-refractivity contribution in [3.63, 3.8) is 0 Å². The predicted octanol–water partition coefficient (Wildman–Crippen LogP) is 1.74. The van der Waals surface area contributed by atoms with Crippen molar-refractivity contribution in [2.45, 2.75) is 12.8 Å². The van der Waals surface area contributed by atoms with Gasteiger partial charge in [-0.25, -0.2) is 0 Å². The lowest BCUT2D eigenvalue weighted by Gasteiger charge is -2.28. The van der Waals surface area contributed by atoms with Gasteiger partial charge in [0.2, 0.25) is 0 Å². The molecule has 0 atom stereocenters. The second kappa shape index (κ2) is 7.26. The minimum Gasteiger partial charge on any atom is -0.385 e. The van der Waals surface area contributed by atoms with E-state index in [1.165, 1.54) is 0 Å². The number of ether oxygens (including phenoxy) is 2. The van der Waals surface area contributed by atoms with Crippen LogP contribution in [-0.2, 0) is 15.9 Å². The van der Waals surface area contributed by atoms with Crippen LogP contribution in [-0.4, -0.2) is 50.8 Å². The summed E-state index contributed by atoms with van der Waals surface area (Å²) in [7, 11) is 1.68. The average molecular weight is 263 g/mol. The molecule has 1 heterocycles. The fourth-order valence-electron chi connectivity index (χ4n) is 2.27. The normalized spacial score (nSPS) is 14.6. The number of methoxy groups -OCH3 is 1. The van der Waals surface area contributed by atoms with E-state index in [2.05, 4.69) is 0 Å². The molecule has 104 valence electrons. The molecule has 2 rings (SSSR count). The molecule has 0 radical (unpaired) electrons. The maximum Gasteiger partial charge on any atom is 0.254 e. The van der Waals surface area contributed by atoms with E-state index >= 15 is 0 Å². The minimum atomic E-state index is 0.127. The maximum absolute atomic E-state index is 12.2. The Bertz CT molecular complexity index is 420. The Morgan fingerprint density at radius 1 is 1.21 bits per heavy atom. The average Bonchev–Trinajstić information content (AvgIpc) is 2.45. The Labute approximate surface area is 114 Å². The third kappa shape index (κ3) is 3.78. The number of hydrogen-bond acceptors (Lipinski definition) is 3. The summed E-state index contributed by atoms with van der Waals surface area (Å²) in [6.45, 7) is 3.46. The van der Waals surface area contributed by atoms with E-state index < -0.39 is 0 Å². The van der Waals surface area contributed by atoms with E-state index in [1.807, 2.05) is 29.2 Å². The molecule has 1 aliphatic heterocycles. The summed E-state index contributed by atoms with van der Waals surface area (Å²) in [5.74, 6) is 0.127. The quantitative estimate of drug-likeness (QED) is 0.703. The standard InChI is InChI=1S/C15H21NO3/c1-18-10-4-11-19-12-9-16-8-7-13-5-2-3-6-14(13)15(16)17/h2-3,5-6H,4,7-12H2,1H3. The van der Waals surface area contributed by atoms with Crippen molar-refractivity contribution in [3.05, 3.63) is 35.4 Å². The lowest BCUT2D eigenvalue weighted by Crippen LogP contribution is -2.39. The number of nitrogens with zero attached hydrogens (tertiary/aromatic N) is 1. The van der Waals surface area contributed by atoms with Crippen LogP contribution in [0.25, 0.3) is 0 Å². The summed E-state index contributed by atoms with van der Waals surface area (Å²) in [5.41, 5.74) is 2.00. The molecular formula is C15H21NO3. The third-order valence-electron chi connectivity index (χ3n) is 3.33. The van der Waals surface area contributed by atoms with E-state index in [9.17, 15) is 4.79 Å². The second-order valence-electron chi connectivity index (χ2n) is 4.66.